The highest BCUT2D eigenvalue weighted by atomic mass is 35.5. The molecule has 0 fully saturated rings. The van der Waals surface area contributed by atoms with Crippen LogP contribution in [0.2, 0.25) is 5.15 Å². The van der Waals surface area contributed by atoms with Crippen molar-refractivity contribution < 1.29 is 4.79 Å². The van der Waals surface area contributed by atoms with Crippen LogP contribution in [0, 0.1) is 6.92 Å². The number of carbonyl (C=O) groups is 1. The molecule has 1 rings (SSSR count). The molecule has 12 heavy (non-hydrogen) atoms. The Labute approximate surface area is 76.6 Å². The fourth-order valence-corrected chi connectivity index (χ4v) is 1.21. The van der Waals surface area contributed by atoms with Gasteiger partial charge in [-0.05, 0) is 19.1 Å². The third-order valence-corrected chi connectivity index (χ3v) is 1.88. The van der Waals surface area contributed by atoms with Gasteiger partial charge in [0.2, 0.25) is 0 Å². The van der Waals surface area contributed by atoms with Crippen LogP contribution in [0.1, 0.15) is 29.4 Å². The number of aryl methyl sites for hydroxylation is 1. The van der Waals surface area contributed by atoms with Crippen LogP contribution in [0.25, 0.3) is 0 Å². The molecule has 0 saturated heterocycles. The lowest BCUT2D eigenvalue weighted by molar-refractivity contribution is 0.0987. The Morgan fingerprint density at radius 3 is 2.75 bits per heavy atom. The molecule has 0 spiro atoms. The van der Waals surface area contributed by atoms with Crippen molar-refractivity contribution in [2.75, 3.05) is 0 Å². The van der Waals surface area contributed by atoms with Crippen molar-refractivity contribution in [3.8, 4) is 0 Å². The van der Waals surface area contributed by atoms with Crippen LogP contribution in [0.15, 0.2) is 12.1 Å². The zero-order valence-corrected chi connectivity index (χ0v) is 7.85. The summed E-state index contributed by atoms with van der Waals surface area (Å²) in [6.45, 7) is 3.62. The zero-order chi connectivity index (χ0) is 9.14. The molecular weight excluding hydrogens is 174 g/mol. The van der Waals surface area contributed by atoms with Crippen molar-refractivity contribution in [3.63, 3.8) is 0 Å². The molecule has 0 saturated carbocycles. The molecular formula is C9H10ClNO. The fraction of sp³-hybridized carbons (Fsp3) is 0.333. The van der Waals surface area contributed by atoms with Gasteiger partial charge in [-0.3, -0.25) is 4.79 Å². The van der Waals surface area contributed by atoms with Gasteiger partial charge in [0.05, 0.1) is 0 Å². The number of aromatic nitrogens is 1. The SMILES string of the molecule is CCC(=O)c1ccc(Cl)nc1C. The Bertz CT molecular complexity index is 309. The van der Waals surface area contributed by atoms with Crippen LogP contribution >= 0.6 is 11.6 Å². The van der Waals surface area contributed by atoms with E-state index in [4.69, 9.17) is 11.6 Å². The molecule has 64 valence electrons. The summed E-state index contributed by atoms with van der Waals surface area (Å²) in [5.41, 5.74) is 1.37. The van der Waals surface area contributed by atoms with Gasteiger partial charge in [-0.2, -0.15) is 0 Å². The fourth-order valence-electron chi connectivity index (χ4n) is 1.02. The maximum atomic E-state index is 11.3. The molecule has 0 aliphatic rings. The van der Waals surface area contributed by atoms with Crippen molar-refractivity contribution in [3.05, 3.63) is 28.5 Å². The molecule has 0 aliphatic heterocycles. The van der Waals surface area contributed by atoms with Crippen LogP contribution in [0.4, 0.5) is 0 Å². The van der Waals surface area contributed by atoms with Crippen molar-refractivity contribution >= 4 is 17.4 Å². The van der Waals surface area contributed by atoms with E-state index in [1.54, 1.807) is 19.1 Å². The average molecular weight is 184 g/mol. The topological polar surface area (TPSA) is 30.0 Å². The minimum Gasteiger partial charge on any atom is -0.294 e. The van der Waals surface area contributed by atoms with E-state index in [-0.39, 0.29) is 5.78 Å². The van der Waals surface area contributed by atoms with Gasteiger partial charge in [-0.1, -0.05) is 18.5 Å². The quantitative estimate of drug-likeness (QED) is 0.521. The second-order valence-electron chi connectivity index (χ2n) is 2.54. The Kier molecular flexibility index (Phi) is 2.82. The lowest BCUT2D eigenvalue weighted by atomic mass is 10.1. The molecule has 0 aromatic carbocycles. The number of ketones is 1. The molecule has 1 heterocycles. The van der Waals surface area contributed by atoms with Gasteiger partial charge in [0, 0.05) is 17.7 Å². The van der Waals surface area contributed by atoms with Gasteiger partial charge < -0.3 is 0 Å². The average Bonchev–Trinajstić information content (AvgIpc) is 2.03. The van der Waals surface area contributed by atoms with Crippen LogP contribution in [-0.4, -0.2) is 10.8 Å². The third-order valence-electron chi connectivity index (χ3n) is 1.67. The lowest BCUT2D eigenvalue weighted by Gasteiger charge is -2.01. The van der Waals surface area contributed by atoms with Gasteiger partial charge in [-0.15, -0.1) is 0 Å². The first-order valence-corrected chi connectivity index (χ1v) is 4.19. The van der Waals surface area contributed by atoms with E-state index in [0.29, 0.717) is 22.8 Å². The first-order valence-electron chi connectivity index (χ1n) is 3.81. The van der Waals surface area contributed by atoms with E-state index >= 15 is 0 Å². The largest absolute Gasteiger partial charge is 0.294 e. The monoisotopic (exact) mass is 183 g/mol. The smallest absolute Gasteiger partial charge is 0.164 e. The number of pyridine rings is 1. The normalized spacial score (nSPS) is 9.92. The standard InChI is InChI=1S/C9H10ClNO/c1-3-8(12)7-4-5-9(10)11-6(7)2/h4-5H,3H2,1-2H3. The van der Waals surface area contributed by atoms with Crippen molar-refractivity contribution in [2.24, 2.45) is 0 Å². The number of Topliss-reactive ketones (excluding diaryl/α,β-unsaturated/α-hetero) is 1. The summed E-state index contributed by atoms with van der Waals surface area (Å²) < 4.78 is 0. The van der Waals surface area contributed by atoms with Crippen molar-refractivity contribution in [1.29, 1.82) is 0 Å². The predicted octanol–water partition coefficient (Wildman–Crippen LogP) is 2.64. The maximum Gasteiger partial charge on any atom is 0.164 e. The highest BCUT2D eigenvalue weighted by molar-refractivity contribution is 6.29. The van der Waals surface area contributed by atoms with Crippen molar-refractivity contribution in [2.45, 2.75) is 20.3 Å². The van der Waals surface area contributed by atoms with Gasteiger partial charge >= 0.3 is 0 Å². The zero-order valence-electron chi connectivity index (χ0n) is 7.10. The number of nitrogens with zero attached hydrogens (tertiary/aromatic N) is 1. The molecule has 0 unspecified atom stereocenters. The first kappa shape index (κ1) is 9.20. The lowest BCUT2D eigenvalue weighted by Crippen LogP contribution is -2.01. The molecule has 1 aromatic rings. The summed E-state index contributed by atoms with van der Waals surface area (Å²) in [5, 5.41) is 0.431. The molecule has 1 aromatic heterocycles. The van der Waals surface area contributed by atoms with Crippen molar-refractivity contribution in [1.82, 2.24) is 4.98 Å². The Balaban J connectivity index is 3.09. The Morgan fingerprint density at radius 2 is 2.25 bits per heavy atom. The maximum absolute atomic E-state index is 11.3. The minimum atomic E-state index is 0.108. The second-order valence-corrected chi connectivity index (χ2v) is 2.93. The van der Waals surface area contributed by atoms with Crippen LogP contribution in [-0.2, 0) is 0 Å². The molecule has 0 N–H and O–H groups in total. The molecule has 0 amide bonds. The first-order chi connectivity index (χ1) is 5.65. The van der Waals surface area contributed by atoms with Crippen LogP contribution in [0.5, 0.6) is 0 Å². The second kappa shape index (κ2) is 3.68. The molecule has 0 aliphatic carbocycles. The van der Waals surface area contributed by atoms with E-state index in [1.165, 1.54) is 0 Å². The number of hydrogen-bond donors (Lipinski definition) is 0. The highest BCUT2D eigenvalue weighted by Gasteiger charge is 2.07. The van der Waals surface area contributed by atoms with E-state index in [9.17, 15) is 4.79 Å². The highest BCUT2D eigenvalue weighted by Crippen LogP contribution is 2.12. The predicted molar refractivity (Wildman–Crippen MR) is 48.6 cm³/mol. The minimum absolute atomic E-state index is 0.108. The summed E-state index contributed by atoms with van der Waals surface area (Å²) >= 11 is 5.64. The van der Waals surface area contributed by atoms with E-state index in [1.807, 2.05) is 6.92 Å². The summed E-state index contributed by atoms with van der Waals surface area (Å²) in [6.07, 6.45) is 0.504. The van der Waals surface area contributed by atoms with Gasteiger partial charge in [0.15, 0.2) is 5.78 Å². The number of rotatable bonds is 2. The summed E-state index contributed by atoms with van der Waals surface area (Å²) in [6, 6.07) is 3.36. The molecule has 0 radical (unpaired) electrons. The number of hydrogen-bond acceptors (Lipinski definition) is 2. The summed E-state index contributed by atoms with van der Waals surface area (Å²) in [5.74, 6) is 0.108. The van der Waals surface area contributed by atoms with Crippen LogP contribution < -0.4 is 0 Å². The van der Waals surface area contributed by atoms with Gasteiger partial charge in [0.1, 0.15) is 5.15 Å². The van der Waals surface area contributed by atoms with E-state index in [2.05, 4.69) is 4.98 Å². The Morgan fingerprint density at radius 1 is 1.58 bits per heavy atom. The van der Waals surface area contributed by atoms with E-state index < -0.39 is 0 Å². The molecule has 0 bridgehead atoms. The molecule has 0 atom stereocenters. The van der Waals surface area contributed by atoms with Gasteiger partial charge in [-0.25, -0.2) is 4.98 Å². The number of carbonyl (C=O) groups excluding carboxylic acids is 1. The van der Waals surface area contributed by atoms with Gasteiger partial charge in [0.25, 0.3) is 0 Å². The number of halogens is 1. The van der Waals surface area contributed by atoms with E-state index in [0.717, 1.165) is 0 Å². The third kappa shape index (κ3) is 1.83. The van der Waals surface area contributed by atoms with Crippen LogP contribution in [0.3, 0.4) is 0 Å². The summed E-state index contributed by atoms with van der Waals surface area (Å²) in [7, 11) is 0. The summed E-state index contributed by atoms with van der Waals surface area (Å²) in [4.78, 5) is 15.2. The molecule has 3 heteroatoms. The molecule has 2 nitrogen and oxygen atoms in total. The Hall–Kier alpha value is -0.890.